The number of aliphatic hydroxyl groups excluding tert-OH is 1. The van der Waals surface area contributed by atoms with Crippen molar-refractivity contribution in [2.24, 2.45) is 0 Å². The number of hydrogen-bond donors (Lipinski definition) is 4. The van der Waals surface area contributed by atoms with E-state index in [1.807, 2.05) is 0 Å². The van der Waals surface area contributed by atoms with Gasteiger partial charge in [-0.2, -0.15) is 0 Å². The van der Waals surface area contributed by atoms with Crippen LogP contribution in [0.15, 0.2) is 27.4 Å². The fourth-order valence-corrected chi connectivity index (χ4v) is 3.16. The molecule has 1 aliphatic heterocycles. The van der Waals surface area contributed by atoms with Gasteiger partial charge in [0.05, 0.1) is 5.56 Å². The number of benzene rings is 2. The van der Waals surface area contributed by atoms with Crippen LogP contribution in [0.4, 0.5) is 0 Å². The summed E-state index contributed by atoms with van der Waals surface area (Å²) in [4.78, 5) is 13.1. The number of phenolic OH excluding ortho intramolecular Hbond substituents is 3. The van der Waals surface area contributed by atoms with Crippen LogP contribution in [0.1, 0.15) is 23.2 Å². The van der Waals surface area contributed by atoms with Crippen LogP contribution in [0, 0.1) is 13.8 Å². The third-order valence-corrected chi connectivity index (χ3v) is 4.50. The summed E-state index contributed by atoms with van der Waals surface area (Å²) in [6.45, 7) is 3.02. The molecule has 0 saturated carbocycles. The Kier molecular flexibility index (Phi) is 3.01. The average molecular weight is 342 g/mol. The van der Waals surface area contributed by atoms with Crippen molar-refractivity contribution in [1.82, 2.24) is 0 Å². The van der Waals surface area contributed by atoms with Crippen LogP contribution in [0.5, 0.6) is 23.0 Å². The van der Waals surface area contributed by atoms with Crippen LogP contribution in [-0.2, 0) is 0 Å². The number of aromatic hydroxyl groups is 3. The molecule has 0 fully saturated rings. The van der Waals surface area contributed by atoms with E-state index >= 15 is 0 Å². The average Bonchev–Trinajstić information content (AvgIpc) is 2.59. The molecule has 1 aliphatic rings. The standard InChI is InChI=1S/C18H14O7/c1-6-12(20)7(2)15-11(13(6)21)14(22)10-8-4-3-5-9(19)16(8)25-18(23)17(10)24-15/h3-5,18-21,23H,1-2H3. The maximum Gasteiger partial charge on any atom is 0.257 e. The molecule has 0 spiro atoms. The third kappa shape index (κ3) is 1.87. The summed E-state index contributed by atoms with van der Waals surface area (Å²) in [5.41, 5.74) is 0.0421. The summed E-state index contributed by atoms with van der Waals surface area (Å²) < 4.78 is 10.9. The van der Waals surface area contributed by atoms with Crippen LogP contribution in [0.3, 0.4) is 0 Å². The second-order valence-electron chi connectivity index (χ2n) is 5.95. The Morgan fingerprint density at radius 3 is 2.48 bits per heavy atom. The van der Waals surface area contributed by atoms with Gasteiger partial charge in [-0.25, -0.2) is 0 Å². The monoisotopic (exact) mass is 342 g/mol. The van der Waals surface area contributed by atoms with E-state index in [9.17, 15) is 25.2 Å². The van der Waals surface area contributed by atoms with Crippen LogP contribution in [-0.4, -0.2) is 20.4 Å². The molecule has 25 heavy (non-hydrogen) atoms. The van der Waals surface area contributed by atoms with E-state index in [1.165, 1.54) is 26.0 Å². The normalized spacial score (nSPS) is 15.6. The number of hydrogen-bond acceptors (Lipinski definition) is 7. The van der Waals surface area contributed by atoms with Gasteiger partial charge in [0.15, 0.2) is 17.3 Å². The first-order valence-corrected chi connectivity index (χ1v) is 7.51. The topological polar surface area (TPSA) is 120 Å². The summed E-state index contributed by atoms with van der Waals surface area (Å²) in [6.07, 6.45) is -1.61. The molecule has 128 valence electrons. The zero-order chi connectivity index (χ0) is 18.0. The Morgan fingerprint density at radius 1 is 1.04 bits per heavy atom. The lowest BCUT2D eigenvalue weighted by molar-refractivity contribution is -0.0390. The minimum atomic E-state index is -1.61. The van der Waals surface area contributed by atoms with Gasteiger partial charge in [-0.05, 0) is 19.9 Å². The van der Waals surface area contributed by atoms with E-state index in [0.29, 0.717) is 0 Å². The highest BCUT2D eigenvalue weighted by Crippen LogP contribution is 2.47. The van der Waals surface area contributed by atoms with Gasteiger partial charge in [-0.3, -0.25) is 4.79 Å². The van der Waals surface area contributed by atoms with Gasteiger partial charge in [-0.1, -0.05) is 12.1 Å². The molecule has 0 saturated heterocycles. The minimum absolute atomic E-state index is 0.00283. The molecule has 3 aromatic rings. The summed E-state index contributed by atoms with van der Waals surface area (Å²) in [5.74, 6) is -1.01. The van der Waals surface area contributed by atoms with E-state index in [1.54, 1.807) is 6.07 Å². The Balaban J connectivity index is 2.24. The van der Waals surface area contributed by atoms with Crippen molar-refractivity contribution < 1.29 is 29.6 Å². The molecule has 0 bridgehead atoms. The first kappa shape index (κ1) is 15.3. The highest BCUT2D eigenvalue weighted by atomic mass is 16.6. The van der Waals surface area contributed by atoms with Gasteiger partial charge in [0.1, 0.15) is 22.5 Å². The number of rotatable bonds is 0. The van der Waals surface area contributed by atoms with Crippen LogP contribution in [0.2, 0.25) is 0 Å². The maximum absolute atomic E-state index is 13.1. The molecule has 0 aliphatic carbocycles. The predicted molar refractivity (Wildman–Crippen MR) is 88.0 cm³/mol. The lowest BCUT2D eigenvalue weighted by Gasteiger charge is -2.24. The van der Waals surface area contributed by atoms with Crippen LogP contribution < -0.4 is 10.2 Å². The van der Waals surface area contributed by atoms with E-state index in [-0.39, 0.29) is 56.2 Å². The van der Waals surface area contributed by atoms with Crippen molar-refractivity contribution in [3.05, 3.63) is 45.3 Å². The summed E-state index contributed by atoms with van der Waals surface area (Å²) >= 11 is 0. The number of aliphatic hydroxyl groups is 1. The molecule has 1 aromatic heterocycles. The molecule has 4 rings (SSSR count). The summed E-state index contributed by atoms with van der Waals surface area (Å²) in [5, 5.41) is 40.5. The van der Waals surface area contributed by atoms with Gasteiger partial charge in [0, 0.05) is 16.7 Å². The van der Waals surface area contributed by atoms with Crippen molar-refractivity contribution in [2.45, 2.75) is 20.1 Å². The summed E-state index contributed by atoms with van der Waals surface area (Å²) in [7, 11) is 0. The number of para-hydroxylation sites is 1. The minimum Gasteiger partial charge on any atom is -0.507 e. The Labute approximate surface area is 141 Å². The lowest BCUT2D eigenvalue weighted by Crippen LogP contribution is -2.20. The lowest BCUT2D eigenvalue weighted by atomic mass is 9.96. The highest BCUT2D eigenvalue weighted by Gasteiger charge is 2.33. The van der Waals surface area contributed by atoms with Gasteiger partial charge in [0.25, 0.3) is 6.29 Å². The second-order valence-corrected chi connectivity index (χ2v) is 5.95. The maximum atomic E-state index is 13.1. The smallest absolute Gasteiger partial charge is 0.257 e. The molecule has 4 N–H and O–H groups in total. The van der Waals surface area contributed by atoms with E-state index in [4.69, 9.17) is 9.15 Å². The van der Waals surface area contributed by atoms with Gasteiger partial charge in [-0.15, -0.1) is 0 Å². The zero-order valence-corrected chi connectivity index (χ0v) is 13.3. The van der Waals surface area contributed by atoms with Crippen molar-refractivity contribution in [1.29, 1.82) is 0 Å². The van der Waals surface area contributed by atoms with Gasteiger partial charge in [0.2, 0.25) is 5.43 Å². The second kappa shape index (κ2) is 4.90. The Bertz CT molecular complexity index is 1110. The van der Waals surface area contributed by atoms with Crippen molar-refractivity contribution >= 4 is 11.0 Å². The molecular formula is C18H14O7. The fourth-order valence-electron chi connectivity index (χ4n) is 3.16. The number of aryl methyl sites for hydroxylation is 1. The fraction of sp³-hybridized carbons (Fsp3) is 0.167. The highest BCUT2D eigenvalue weighted by molar-refractivity contribution is 5.94. The van der Waals surface area contributed by atoms with Gasteiger partial charge >= 0.3 is 0 Å². The molecular weight excluding hydrogens is 328 g/mol. The molecule has 0 radical (unpaired) electrons. The van der Waals surface area contributed by atoms with Crippen molar-refractivity contribution in [2.75, 3.05) is 0 Å². The molecule has 1 unspecified atom stereocenters. The van der Waals surface area contributed by atoms with E-state index < -0.39 is 17.5 Å². The van der Waals surface area contributed by atoms with Crippen molar-refractivity contribution in [3.8, 4) is 34.1 Å². The molecule has 7 heteroatoms. The van der Waals surface area contributed by atoms with Crippen LogP contribution in [0.25, 0.3) is 22.1 Å². The SMILES string of the molecule is Cc1c(O)c(C)c2oc3c(c(=O)c2c1O)-c1cccc(O)c1OC3O. The number of fused-ring (bicyclic) bond motifs is 4. The number of phenols is 3. The van der Waals surface area contributed by atoms with Crippen molar-refractivity contribution in [3.63, 3.8) is 0 Å². The molecule has 7 nitrogen and oxygen atoms in total. The number of ether oxygens (including phenoxy) is 1. The molecule has 1 atom stereocenters. The van der Waals surface area contributed by atoms with E-state index in [0.717, 1.165) is 0 Å². The predicted octanol–water partition coefficient (Wildman–Crippen LogP) is 2.58. The Morgan fingerprint density at radius 2 is 1.76 bits per heavy atom. The van der Waals surface area contributed by atoms with E-state index in [2.05, 4.69) is 0 Å². The zero-order valence-electron chi connectivity index (χ0n) is 13.3. The first-order chi connectivity index (χ1) is 11.8. The molecule has 0 amide bonds. The third-order valence-electron chi connectivity index (χ3n) is 4.50. The summed E-state index contributed by atoms with van der Waals surface area (Å²) in [6, 6.07) is 4.43. The van der Waals surface area contributed by atoms with Gasteiger partial charge < -0.3 is 29.6 Å². The molecule has 2 aromatic carbocycles. The molecule has 2 heterocycles. The first-order valence-electron chi connectivity index (χ1n) is 7.51. The quantitative estimate of drug-likeness (QED) is 0.495. The van der Waals surface area contributed by atoms with Crippen LogP contribution >= 0.6 is 0 Å². The largest absolute Gasteiger partial charge is 0.507 e. The Hall–Kier alpha value is -3.19.